The molecule has 240 valence electrons. The van der Waals surface area contributed by atoms with E-state index < -0.39 is 10.3 Å². The van der Waals surface area contributed by atoms with E-state index in [9.17, 15) is 13.2 Å². The van der Waals surface area contributed by atoms with Gasteiger partial charge < -0.3 is 14.8 Å². The molecule has 5 aromatic rings. The van der Waals surface area contributed by atoms with Crippen molar-refractivity contribution >= 4 is 50.2 Å². The lowest BCUT2D eigenvalue weighted by Crippen LogP contribution is -2.14. The van der Waals surface area contributed by atoms with Gasteiger partial charge in [0, 0.05) is 26.7 Å². The van der Waals surface area contributed by atoms with E-state index >= 15 is 0 Å². The maximum atomic E-state index is 13.2. The zero-order chi connectivity index (χ0) is 32.9. The number of H-pyrrole nitrogens is 1. The number of aromatic nitrogens is 5. The van der Waals surface area contributed by atoms with Crippen LogP contribution >= 0.6 is 22.9 Å². The summed E-state index contributed by atoms with van der Waals surface area (Å²) >= 11 is 7.08. The number of benzene rings is 3. The number of anilines is 1. The van der Waals surface area contributed by atoms with Crippen molar-refractivity contribution in [3.63, 3.8) is 0 Å². The van der Waals surface area contributed by atoms with Crippen LogP contribution in [0.2, 0.25) is 5.02 Å². The Morgan fingerprint density at radius 1 is 1.02 bits per heavy atom. The van der Waals surface area contributed by atoms with E-state index in [1.807, 2.05) is 35.7 Å². The summed E-state index contributed by atoms with van der Waals surface area (Å²) in [7, 11) is -2.23. The molecule has 46 heavy (non-hydrogen) atoms. The number of aromatic amines is 1. The molecule has 0 saturated heterocycles. The molecule has 5 rings (SSSR count). The summed E-state index contributed by atoms with van der Waals surface area (Å²) in [5, 5.41) is 21.4. The number of amides is 1. The van der Waals surface area contributed by atoms with E-state index in [1.165, 1.54) is 5.37 Å². The Bertz CT molecular complexity index is 1850. The van der Waals surface area contributed by atoms with E-state index in [2.05, 4.69) is 51.7 Å². The standard InChI is InChI=1S/C26H28N6O5S2.C6H5Cl/c1-26(2,3)22-16-38-24(28-22)15-36-19-8-4-7-18(13-19)25(33)27-20-12-17(6-5-11-39(34)35)9-10-21(20)37-14-23-29-31-32-30-23;7-6-4-2-1-3-5-6/h4,7-13,16H,5-6,14-15H2,1-3H3,(H,27,33)(H,29,30,31,32);1-5H. The number of tetrazole rings is 1. The van der Waals surface area contributed by atoms with Crippen LogP contribution < -0.4 is 14.8 Å². The van der Waals surface area contributed by atoms with E-state index in [1.54, 1.807) is 53.8 Å². The van der Waals surface area contributed by atoms with E-state index in [-0.39, 0.29) is 17.9 Å². The van der Waals surface area contributed by atoms with Gasteiger partial charge in [-0.1, -0.05) is 67.9 Å². The van der Waals surface area contributed by atoms with E-state index in [4.69, 9.17) is 21.1 Å². The Labute approximate surface area is 277 Å². The lowest BCUT2D eigenvalue weighted by molar-refractivity contribution is 0.102. The fourth-order valence-electron chi connectivity index (χ4n) is 3.87. The van der Waals surface area contributed by atoms with Gasteiger partial charge in [0.2, 0.25) is 16.1 Å². The van der Waals surface area contributed by atoms with Gasteiger partial charge in [0.15, 0.2) is 6.61 Å². The molecule has 11 nitrogen and oxygen atoms in total. The Hall–Kier alpha value is -4.59. The second kappa shape index (κ2) is 16.6. The van der Waals surface area contributed by atoms with Crippen LogP contribution in [0.3, 0.4) is 0 Å². The molecule has 1 amide bonds. The zero-order valence-corrected chi connectivity index (χ0v) is 27.8. The number of aryl methyl sites for hydroxylation is 1. The van der Waals surface area contributed by atoms with Crippen molar-refractivity contribution in [3.05, 3.63) is 111 Å². The number of hydrogen-bond acceptors (Lipinski definition) is 10. The molecule has 3 aromatic carbocycles. The number of hydrogen-bond donors (Lipinski definition) is 2. The van der Waals surface area contributed by atoms with Crippen molar-refractivity contribution in [2.24, 2.45) is 0 Å². The molecule has 0 saturated carbocycles. The normalized spacial score (nSPS) is 10.8. The fraction of sp³-hybridized carbons (Fsp3) is 0.250. The Balaban J connectivity index is 0.000000606. The maximum absolute atomic E-state index is 13.2. The third kappa shape index (κ3) is 11.1. The molecule has 0 atom stereocenters. The average molecular weight is 681 g/mol. The summed E-state index contributed by atoms with van der Waals surface area (Å²) in [6.45, 7) is 6.67. The Morgan fingerprint density at radius 3 is 2.48 bits per heavy atom. The van der Waals surface area contributed by atoms with Crippen LogP contribution in [0, 0.1) is 0 Å². The number of halogens is 1. The van der Waals surface area contributed by atoms with Crippen LogP contribution in [-0.2, 0) is 35.3 Å². The van der Waals surface area contributed by atoms with Crippen LogP contribution in [0.4, 0.5) is 5.69 Å². The maximum Gasteiger partial charge on any atom is 0.255 e. The first-order valence-electron chi connectivity index (χ1n) is 14.2. The van der Waals surface area contributed by atoms with Crippen molar-refractivity contribution in [1.82, 2.24) is 25.6 Å². The van der Waals surface area contributed by atoms with Gasteiger partial charge in [-0.15, -0.1) is 21.5 Å². The van der Waals surface area contributed by atoms with Crippen LogP contribution in [0.15, 0.2) is 78.2 Å². The highest BCUT2D eigenvalue weighted by molar-refractivity contribution is 7.71. The number of ether oxygens (including phenoxy) is 2. The van der Waals surface area contributed by atoms with Crippen molar-refractivity contribution in [2.45, 2.75) is 52.2 Å². The van der Waals surface area contributed by atoms with Gasteiger partial charge in [0.25, 0.3) is 5.91 Å². The number of thiazole rings is 1. The lowest BCUT2D eigenvalue weighted by Gasteiger charge is -2.14. The largest absolute Gasteiger partial charge is 0.486 e. The van der Waals surface area contributed by atoms with Gasteiger partial charge in [-0.25, -0.2) is 4.98 Å². The molecule has 0 fully saturated rings. The molecule has 2 aromatic heterocycles. The van der Waals surface area contributed by atoms with Gasteiger partial charge in [-0.05, 0) is 60.9 Å². The van der Waals surface area contributed by atoms with Gasteiger partial charge in [-0.3, -0.25) is 4.79 Å². The second-order valence-electron chi connectivity index (χ2n) is 10.9. The van der Waals surface area contributed by atoms with Gasteiger partial charge >= 0.3 is 0 Å². The molecule has 0 aliphatic carbocycles. The third-order valence-electron chi connectivity index (χ3n) is 6.24. The van der Waals surface area contributed by atoms with Crippen LogP contribution in [0.1, 0.15) is 59.6 Å². The topological polar surface area (TPSA) is 149 Å². The molecule has 0 spiro atoms. The first-order chi connectivity index (χ1) is 22.1. The first kappa shape index (κ1) is 34.3. The summed E-state index contributed by atoms with van der Waals surface area (Å²) in [6.07, 6.45) is 0.807. The molecule has 0 aliphatic heterocycles. The van der Waals surface area contributed by atoms with Crippen molar-refractivity contribution in [2.75, 3.05) is 5.32 Å². The van der Waals surface area contributed by atoms with Crippen LogP contribution in [0.5, 0.6) is 11.5 Å². The molecule has 0 bridgehead atoms. The minimum Gasteiger partial charge on any atom is -0.486 e. The minimum absolute atomic E-state index is 0.0364. The van der Waals surface area contributed by atoms with Gasteiger partial charge in [-0.2, -0.15) is 13.6 Å². The van der Waals surface area contributed by atoms with Crippen molar-refractivity contribution in [1.29, 1.82) is 0 Å². The van der Waals surface area contributed by atoms with E-state index in [0.29, 0.717) is 48.0 Å². The number of nitrogens with one attached hydrogen (secondary N) is 2. The highest BCUT2D eigenvalue weighted by atomic mass is 35.5. The van der Waals surface area contributed by atoms with Crippen molar-refractivity contribution < 1.29 is 22.7 Å². The van der Waals surface area contributed by atoms with Gasteiger partial charge in [0.1, 0.15) is 23.1 Å². The minimum atomic E-state index is -2.23. The monoisotopic (exact) mass is 680 g/mol. The predicted octanol–water partition coefficient (Wildman–Crippen LogP) is 6.32. The van der Waals surface area contributed by atoms with Crippen LogP contribution in [0.25, 0.3) is 0 Å². The average Bonchev–Trinajstić information content (AvgIpc) is 3.73. The molecule has 2 heterocycles. The second-order valence-corrected chi connectivity index (χ2v) is 13.1. The summed E-state index contributed by atoms with van der Waals surface area (Å²) in [6, 6.07) is 21.6. The molecule has 2 N–H and O–H groups in total. The van der Waals surface area contributed by atoms with Crippen LogP contribution in [-0.4, -0.2) is 45.3 Å². The highest BCUT2D eigenvalue weighted by Crippen LogP contribution is 2.29. The molecule has 0 radical (unpaired) electrons. The number of carbonyl (C=O) groups excluding carboxylic acids is 1. The lowest BCUT2D eigenvalue weighted by atomic mass is 9.93. The highest BCUT2D eigenvalue weighted by Gasteiger charge is 2.18. The summed E-state index contributed by atoms with van der Waals surface area (Å²) in [5.74, 6) is 0.930. The number of carbonyl (C=O) groups is 1. The molecular formula is C32H33ClN6O5S2. The predicted molar refractivity (Wildman–Crippen MR) is 179 cm³/mol. The fourth-order valence-corrected chi connectivity index (χ4v) is 5.25. The summed E-state index contributed by atoms with van der Waals surface area (Å²) < 4.78 is 33.4. The van der Waals surface area contributed by atoms with E-state index in [0.717, 1.165) is 21.3 Å². The molecule has 0 unspecified atom stereocenters. The quantitative estimate of drug-likeness (QED) is 0.153. The number of rotatable bonds is 11. The Morgan fingerprint density at radius 2 is 1.83 bits per heavy atom. The van der Waals surface area contributed by atoms with Gasteiger partial charge in [0.05, 0.1) is 11.4 Å². The zero-order valence-electron chi connectivity index (χ0n) is 25.4. The summed E-state index contributed by atoms with van der Waals surface area (Å²) in [5.41, 5.74) is 2.62. The number of nitrogens with zero attached hydrogens (tertiary/aromatic N) is 4. The van der Waals surface area contributed by atoms with Crippen molar-refractivity contribution in [3.8, 4) is 11.5 Å². The molecule has 0 aliphatic rings. The molecule has 14 heteroatoms. The third-order valence-corrected chi connectivity index (χ3v) is 7.82. The SMILES string of the molecule is CC(C)(C)c1csc(COc2cccc(C(=O)Nc3cc(CCC=S(=O)=O)ccc3OCc3nn[nH]n3)c2)n1.Clc1ccccc1. The Kier molecular flexibility index (Phi) is 12.4. The smallest absolute Gasteiger partial charge is 0.255 e. The molecular weight excluding hydrogens is 648 g/mol. The first-order valence-corrected chi connectivity index (χ1v) is 16.6. The summed E-state index contributed by atoms with van der Waals surface area (Å²) in [4.78, 5) is 17.8.